The second-order valence-electron chi connectivity index (χ2n) is 10.0. The Morgan fingerprint density at radius 3 is 2.33 bits per heavy atom. The highest BCUT2D eigenvalue weighted by molar-refractivity contribution is 7.26. The van der Waals surface area contributed by atoms with Crippen molar-refractivity contribution in [2.75, 3.05) is 0 Å². The van der Waals surface area contributed by atoms with E-state index in [2.05, 4.69) is 96.0 Å². The van der Waals surface area contributed by atoms with Crippen LogP contribution in [0, 0.1) is 0 Å². The zero-order valence-electron chi connectivity index (χ0n) is 20.7. The zero-order valence-corrected chi connectivity index (χ0v) is 21.5. The molecule has 0 bridgehead atoms. The third-order valence-electron chi connectivity index (χ3n) is 7.90. The second kappa shape index (κ2) is 7.82. The topological polar surface area (TPSA) is 51.8 Å². The molecule has 9 rings (SSSR count). The van der Waals surface area contributed by atoms with E-state index in [1.54, 1.807) is 17.7 Å². The van der Waals surface area contributed by atoms with Crippen molar-refractivity contribution in [2.24, 2.45) is 0 Å². The normalized spacial score (nSPS) is 12.5. The number of nitrogens with zero attached hydrogens (tertiary/aromatic N) is 3. The van der Waals surface area contributed by atoms with E-state index >= 15 is 0 Å². The number of thiophene rings is 1. The van der Waals surface area contributed by atoms with E-state index in [9.17, 15) is 0 Å². The van der Waals surface area contributed by atoms with Crippen molar-refractivity contribution in [3.63, 3.8) is 0 Å². The molecule has 0 saturated heterocycles. The minimum absolute atomic E-state index is 0.850. The Bertz CT molecular complexity index is 2280. The fourth-order valence-corrected chi connectivity index (χ4v) is 7.28. The van der Waals surface area contributed by atoms with Gasteiger partial charge in [0.2, 0.25) is 0 Å². The molecule has 4 aromatic carbocycles. The Kier molecular flexibility index (Phi) is 4.23. The number of aromatic nitrogens is 3. The molecule has 0 aliphatic heterocycles. The van der Waals surface area contributed by atoms with Gasteiger partial charge < -0.3 is 4.42 Å². The number of hydrogen-bond acceptors (Lipinski definition) is 5. The average Bonchev–Trinajstić information content (AvgIpc) is 3.67. The zero-order chi connectivity index (χ0) is 25.5. The highest BCUT2D eigenvalue weighted by Gasteiger charge is 2.24. The fourth-order valence-electron chi connectivity index (χ4n) is 6.08. The molecular weight excluding hydrogens is 498 g/mol. The molecule has 5 heteroatoms. The van der Waals surface area contributed by atoms with E-state index in [0.717, 1.165) is 56.4 Å². The highest BCUT2D eigenvalue weighted by atomic mass is 32.1. The van der Waals surface area contributed by atoms with Crippen molar-refractivity contribution < 1.29 is 4.42 Å². The Balaban J connectivity index is 1.23. The van der Waals surface area contributed by atoms with E-state index in [1.165, 1.54) is 37.0 Å². The summed E-state index contributed by atoms with van der Waals surface area (Å²) in [6, 6.07) is 32.0. The van der Waals surface area contributed by atoms with Gasteiger partial charge in [0.1, 0.15) is 17.5 Å². The largest absolute Gasteiger partial charge is 0.456 e. The van der Waals surface area contributed by atoms with Crippen molar-refractivity contribution in [3.8, 4) is 33.6 Å². The average molecular weight is 518 g/mol. The number of hydrogen-bond donors (Lipinski definition) is 0. The molecule has 0 atom stereocenters. The lowest BCUT2D eigenvalue weighted by atomic mass is 10.00. The summed E-state index contributed by atoms with van der Waals surface area (Å²) in [5, 5.41) is 3.40. The quantitative estimate of drug-likeness (QED) is 0.229. The van der Waals surface area contributed by atoms with Gasteiger partial charge in [-0.05, 0) is 53.6 Å². The molecule has 39 heavy (non-hydrogen) atoms. The third-order valence-corrected chi connectivity index (χ3v) is 9.09. The van der Waals surface area contributed by atoms with Crippen molar-refractivity contribution in [1.29, 1.82) is 0 Å². The predicted octanol–water partition coefficient (Wildman–Crippen LogP) is 9.04. The van der Waals surface area contributed by atoms with Gasteiger partial charge >= 0.3 is 0 Å². The van der Waals surface area contributed by atoms with Gasteiger partial charge in [-0.3, -0.25) is 4.98 Å². The van der Waals surface area contributed by atoms with Crippen molar-refractivity contribution in [1.82, 2.24) is 15.0 Å². The summed E-state index contributed by atoms with van der Waals surface area (Å²) in [5.41, 5.74) is 12.0. The van der Waals surface area contributed by atoms with Gasteiger partial charge in [-0.2, -0.15) is 0 Å². The number of benzene rings is 4. The van der Waals surface area contributed by atoms with Gasteiger partial charge in [-0.15, -0.1) is 11.3 Å². The van der Waals surface area contributed by atoms with E-state index in [4.69, 9.17) is 14.4 Å². The Morgan fingerprint density at radius 1 is 0.641 bits per heavy atom. The van der Waals surface area contributed by atoms with Gasteiger partial charge in [0.05, 0.1) is 21.6 Å². The molecule has 1 aliphatic carbocycles. The lowest BCUT2D eigenvalue weighted by Gasteiger charge is -2.07. The van der Waals surface area contributed by atoms with Crippen LogP contribution < -0.4 is 0 Å². The summed E-state index contributed by atoms with van der Waals surface area (Å²) in [6.07, 6.45) is 4.45. The summed E-state index contributed by atoms with van der Waals surface area (Å²) in [4.78, 5) is 14.1. The fraction of sp³-hybridized carbons (Fsp3) is 0.0294. The maximum atomic E-state index is 6.27. The Labute approximate surface area is 227 Å². The molecule has 0 fully saturated rings. The molecule has 0 N–H and O–H groups in total. The second-order valence-corrected chi connectivity index (χ2v) is 11.1. The van der Waals surface area contributed by atoms with Crippen LogP contribution in [0.25, 0.3) is 75.9 Å². The maximum Gasteiger partial charge on any atom is 0.135 e. The van der Waals surface area contributed by atoms with Gasteiger partial charge in [-0.25, -0.2) is 9.97 Å². The summed E-state index contributed by atoms with van der Waals surface area (Å²) in [7, 11) is 0. The van der Waals surface area contributed by atoms with Gasteiger partial charge in [0.25, 0.3) is 0 Å². The van der Waals surface area contributed by atoms with Crippen molar-refractivity contribution >= 4 is 53.6 Å². The monoisotopic (exact) mass is 517 g/mol. The maximum absolute atomic E-state index is 6.27. The van der Waals surface area contributed by atoms with Crippen LogP contribution >= 0.6 is 11.3 Å². The van der Waals surface area contributed by atoms with Crippen LogP contribution in [0.5, 0.6) is 0 Å². The van der Waals surface area contributed by atoms with Gasteiger partial charge in [0, 0.05) is 55.7 Å². The molecule has 182 valence electrons. The molecule has 0 spiro atoms. The van der Waals surface area contributed by atoms with Crippen LogP contribution in [0.4, 0.5) is 0 Å². The molecule has 0 unspecified atom stereocenters. The van der Waals surface area contributed by atoms with E-state index in [0.29, 0.717) is 0 Å². The van der Waals surface area contributed by atoms with Crippen LogP contribution in [0.2, 0.25) is 0 Å². The van der Waals surface area contributed by atoms with Gasteiger partial charge in [-0.1, -0.05) is 48.5 Å². The summed E-state index contributed by atoms with van der Waals surface area (Å²) in [6.45, 7) is 0. The number of furan rings is 1. The smallest absolute Gasteiger partial charge is 0.135 e. The molecule has 8 aromatic rings. The van der Waals surface area contributed by atoms with Crippen molar-refractivity contribution in [3.05, 3.63) is 115 Å². The van der Waals surface area contributed by atoms with Crippen LogP contribution in [-0.2, 0) is 6.42 Å². The first-order chi connectivity index (χ1) is 19.3. The van der Waals surface area contributed by atoms with Crippen LogP contribution in [0.1, 0.15) is 11.1 Å². The van der Waals surface area contributed by atoms with Crippen molar-refractivity contribution in [2.45, 2.75) is 6.42 Å². The molecule has 4 heterocycles. The molecule has 0 saturated carbocycles. The lowest BCUT2D eigenvalue weighted by Crippen LogP contribution is -1.94. The molecular formula is C34H19N3OS. The van der Waals surface area contributed by atoms with Crippen LogP contribution in [-0.4, -0.2) is 15.0 Å². The summed E-state index contributed by atoms with van der Waals surface area (Å²) < 4.78 is 8.74. The Morgan fingerprint density at radius 2 is 1.41 bits per heavy atom. The minimum atomic E-state index is 0.850. The first kappa shape index (κ1) is 21.1. The minimum Gasteiger partial charge on any atom is -0.456 e. The summed E-state index contributed by atoms with van der Waals surface area (Å²) in [5.74, 6) is 0. The first-order valence-electron chi connectivity index (χ1n) is 13.0. The van der Waals surface area contributed by atoms with Crippen LogP contribution in [0.15, 0.2) is 108 Å². The lowest BCUT2D eigenvalue weighted by molar-refractivity contribution is 0.669. The first-order valence-corrected chi connectivity index (χ1v) is 13.8. The molecule has 0 radical (unpaired) electrons. The van der Waals surface area contributed by atoms with Crippen LogP contribution in [0.3, 0.4) is 0 Å². The standard InChI is InChI=1S/C34H19N3OS/c1-2-6-22-19(5-1)16-27-31(36-18-37-32(22)27)21-10-12-29-26(17-21)25-15-20(9-11-28(25)38-29)23-13-14-35-33-24-7-3-4-8-30(24)39-34(23)33/h1-15,17-18H,16H2. The predicted molar refractivity (Wildman–Crippen MR) is 159 cm³/mol. The number of rotatable bonds is 2. The van der Waals surface area contributed by atoms with E-state index in [1.807, 2.05) is 6.20 Å². The highest BCUT2D eigenvalue weighted by Crippen LogP contribution is 2.42. The number of fused-ring (bicyclic) bond motifs is 9. The molecule has 0 amide bonds. The molecule has 4 aromatic heterocycles. The molecule has 4 nitrogen and oxygen atoms in total. The molecule has 1 aliphatic rings. The van der Waals surface area contributed by atoms with E-state index < -0.39 is 0 Å². The third kappa shape index (κ3) is 3.02. The SMILES string of the molecule is c1ccc2c(c1)Cc1c(-c3ccc4oc5ccc(-c6ccnc7c6sc6ccccc67)cc5c4c3)ncnc1-2. The Hall–Kier alpha value is -4.87. The van der Waals surface area contributed by atoms with E-state index in [-0.39, 0.29) is 0 Å². The van der Waals surface area contributed by atoms with Gasteiger partial charge in [0.15, 0.2) is 0 Å². The summed E-state index contributed by atoms with van der Waals surface area (Å²) >= 11 is 1.80. The number of pyridine rings is 1.